The van der Waals surface area contributed by atoms with Gasteiger partial charge in [-0.3, -0.25) is 0 Å². The van der Waals surface area contributed by atoms with Gasteiger partial charge < -0.3 is 21.0 Å². The van der Waals surface area contributed by atoms with Crippen LogP contribution < -0.4 is 11.1 Å². The first-order valence-electron chi connectivity index (χ1n) is 4.36. The highest BCUT2D eigenvalue weighted by molar-refractivity contribution is 5.79. The van der Waals surface area contributed by atoms with Crippen LogP contribution in [0.1, 0.15) is 13.3 Å². The molecular weight excluding hydrogens is 170 g/mol. The van der Waals surface area contributed by atoms with E-state index >= 15 is 0 Å². The van der Waals surface area contributed by atoms with E-state index in [1.165, 1.54) is 0 Å². The average molecular weight is 189 g/mol. The summed E-state index contributed by atoms with van der Waals surface area (Å²) in [6, 6.07) is 0. The van der Waals surface area contributed by atoms with Crippen LogP contribution >= 0.6 is 0 Å². The Morgan fingerprint density at radius 3 is 2.92 bits per heavy atom. The fourth-order valence-electron chi connectivity index (χ4n) is 0.958. The molecule has 0 spiro atoms. The minimum atomic E-state index is 0.256. The van der Waals surface area contributed by atoms with Crippen LogP contribution in [-0.2, 0) is 4.74 Å². The van der Waals surface area contributed by atoms with E-state index in [9.17, 15) is 0 Å². The highest BCUT2D eigenvalue weighted by atomic mass is 16.5. The van der Waals surface area contributed by atoms with Crippen LogP contribution in [0.15, 0.2) is 5.16 Å². The molecule has 0 amide bonds. The van der Waals surface area contributed by atoms with Gasteiger partial charge in [-0.25, -0.2) is 0 Å². The normalized spacial score (nSPS) is 14.5. The van der Waals surface area contributed by atoms with E-state index in [2.05, 4.69) is 17.4 Å². The van der Waals surface area contributed by atoms with Gasteiger partial charge in [0, 0.05) is 26.7 Å². The molecule has 1 unspecified atom stereocenters. The molecule has 0 aliphatic heterocycles. The standard InChI is InChI=1S/C8H19N3O2/c1-7(6-13-2)5-10-4-3-8(9)11-12/h7,10,12H,3-6H2,1-2H3,(H2,9,11). The van der Waals surface area contributed by atoms with Crippen molar-refractivity contribution in [2.75, 3.05) is 26.8 Å². The first kappa shape index (κ1) is 12.2. The summed E-state index contributed by atoms with van der Waals surface area (Å²) in [5.74, 6) is 0.740. The quantitative estimate of drug-likeness (QED) is 0.173. The third kappa shape index (κ3) is 7.55. The van der Waals surface area contributed by atoms with Gasteiger partial charge in [0.1, 0.15) is 5.84 Å². The SMILES string of the molecule is COCC(C)CNCCC(N)=NO. The van der Waals surface area contributed by atoms with Gasteiger partial charge in [-0.05, 0) is 12.5 Å². The second-order valence-corrected chi connectivity index (χ2v) is 3.11. The Labute approximate surface area is 78.9 Å². The Hall–Kier alpha value is -0.810. The molecule has 0 saturated carbocycles. The monoisotopic (exact) mass is 189 g/mol. The van der Waals surface area contributed by atoms with Gasteiger partial charge in [0.15, 0.2) is 0 Å². The Morgan fingerprint density at radius 2 is 2.38 bits per heavy atom. The summed E-state index contributed by atoms with van der Waals surface area (Å²) in [7, 11) is 1.69. The molecule has 0 heterocycles. The minimum Gasteiger partial charge on any atom is -0.409 e. The van der Waals surface area contributed by atoms with E-state index in [-0.39, 0.29) is 5.84 Å². The zero-order chi connectivity index (χ0) is 10.1. The molecule has 0 bridgehead atoms. The molecule has 0 aliphatic rings. The van der Waals surface area contributed by atoms with E-state index in [1.807, 2.05) is 0 Å². The van der Waals surface area contributed by atoms with E-state index < -0.39 is 0 Å². The van der Waals surface area contributed by atoms with Gasteiger partial charge in [-0.2, -0.15) is 0 Å². The zero-order valence-corrected chi connectivity index (χ0v) is 8.29. The van der Waals surface area contributed by atoms with Crippen LogP contribution in [0.3, 0.4) is 0 Å². The molecule has 0 aliphatic carbocycles. The third-order valence-corrected chi connectivity index (χ3v) is 1.63. The Morgan fingerprint density at radius 1 is 1.69 bits per heavy atom. The summed E-state index contributed by atoms with van der Waals surface area (Å²) in [6.45, 7) is 4.45. The summed E-state index contributed by atoms with van der Waals surface area (Å²) in [4.78, 5) is 0. The Balaban J connectivity index is 3.25. The van der Waals surface area contributed by atoms with Crippen molar-refractivity contribution < 1.29 is 9.94 Å². The number of oxime groups is 1. The van der Waals surface area contributed by atoms with Crippen molar-refractivity contribution >= 4 is 5.84 Å². The van der Waals surface area contributed by atoms with Crippen molar-refractivity contribution in [3.63, 3.8) is 0 Å². The zero-order valence-electron chi connectivity index (χ0n) is 8.29. The fraction of sp³-hybridized carbons (Fsp3) is 0.875. The first-order valence-corrected chi connectivity index (χ1v) is 4.36. The van der Waals surface area contributed by atoms with Crippen LogP contribution in [0, 0.1) is 5.92 Å². The van der Waals surface area contributed by atoms with E-state index in [0.29, 0.717) is 12.3 Å². The minimum absolute atomic E-state index is 0.256. The topological polar surface area (TPSA) is 79.9 Å². The van der Waals surface area contributed by atoms with Crippen molar-refractivity contribution in [3.8, 4) is 0 Å². The molecular formula is C8H19N3O2. The summed E-state index contributed by atoms with van der Waals surface area (Å²) in [5.41, 5.74) is 5.28. The van der Waals surface area contributed by atoms with E-state index in [0.717, 1.165) is 19.7 Å². The number of rotatable bonds is 7. The molecule has 78 valence electrons. The lowest BCUT2D eigenvalue weighted by atomic mass is 10.2. The number of nitrogens with zero attached hydrogens (tertiary/aromatic N) is 1. The molecule has 0 rings (SSSR count). The maximum absolute atomic E-state index is 8.24. The van der Waals surface area contributed by atoms with Gasteiger partial charge >= 0.3 is 0 Å². The van der Waals surface area contributed by atoms with Crippen molar-refractivity contribution in [3.05, 3.63) is 0 Å². The summed E-state index contributed by atoms with van der Waals surface area (Å²) >= 11 is 0. The summed E-state index contributed by atoms with van der Waals surface area (Å²) < 4.78 is 4.97. The van der Waals surface area contributed by atoms with Gasteiger partial charge in [0.25, 0.3) is 0 Å². The second kappa shape index (κ2) is 7.82. The number of ether oxygens (including phenoxy) is 1. The number of nitrogens with two attached hydrogens (primary N) is 1. The van der Waals surface area contributed by atoms with E-state index in [4.69, 9.17) is 15.7 Å². The maximum atomic E-state index is 8.24. The fourth-order valence-corrected chi connectivity index (χ4v) is 0.958. The van der Waals surface area contributed by atoms with Gasteiger partial charge in [-0.15, -0.1) is 0 Å². The number of nitrogens with one attached hydrogen (secondary N) is 1. The smallest absolute Gasteiger partial charge is 0.140 e. The Bertz CT molecular complexity index is 150. The molecule has 13 heavy (non-hydrogen) atoms. The molecule has 0 radical (unpaired) electrons. The lowest BCUT2D eigenvalue weighted by Gasteiger charge is -2.10. The lowest BCUT2D eigenvalue weighted by Crippen LogP contribution is -2.27. The lowest BCUT2D eigenvalue weighted by molar-refractivity contribution is 0.159. The van der Waals surface area contributed by atoms with Gasteiger partial charge in [0.2, 0.25) is 0 Å². The van der Waals surface area contributed by atoms with Crippen LogP contribution in [0.25, 0.3) is 0 Å². The second-order valence-electron chi connectivity index (χ2n) is 3.11. The highest BCUT2D eigenvalue weighted by Gasteiger charge is 2.00. The van der Waals surface area contributed by atoms with E-state index in [1.54, 1.807) is 7.11 Å². The first-order chi connectivity index (χ1) is 6.20. The Kier molecular flexibility index (Phi) is 7.33. The molecule has 5 heteroatoms. The summed E-state index contributed by atoms with van der Waals surface area (Å²) in [5, 5.41) is 14.3. The van der Waals surface area contributed by atoms with Gasteiger partial charge in [0.05, 0.1) is 0 Å². The molecule has 0 aromatic heterocycles. The molecule has 4 N–H and O–H groups in total. The largest absolute Gasteiger partial charge is 0.409 e. The number of amidine groups is 1. The van der Waals surface area contributed by atoms with Gasteiger partial charge in [-0.1, -0.05) is 12.1 Å². The molecule has 1 atom stereocenters. The van der Waals surface area contributed by atoms with Crippen molar-refractivity contribution in [1.29, 1.82) is 0 Å². The van der Waals surface area contributed by atoms with Crippen molar-refractivity contribution in [2.45, 2.75) is 13.3 Å². The molecule has 0 saturated heterocycles. The average Bonchev–Trinajstić information content (AvgIpc) is 2.12. The maximum Gasteiger partial charge on any atom is 0.140 e. The third-order valence-electron chi connectivity index (χ3n) is 1.63. The van der Waals surface area contributed by atoms with Crippen molar-refractivity contribution in [2.24, 2.45) is 16.8 Å². The number of methoxy groups -OCH3 is 1. The predicted molar refractivity (Wildman–Crippen MR) is 51.9 cm³/mol. The molecule has 0 aromatic rings. The summed E-state index contributed by atoms with van der Waals surface area (Å²) in [6.07, 6.45) is 0.566. The molecule has 0 aromatic carbocycles. The molecule has 0 fully saturated rings. The van der Waals surface area contributed by atoms with Crippen LogP contribution in [-0.4, -0.2) is 37.8 Å². The van der Waals surface area contributed by atoms with Crippen LogP contribution in [0.5, 0.6) is 0 Å². The van der Waals surface area contributed by atoms with Crippen LogP contribution in [0.2, 0.25) is 0 Å². The number of hydrogen-bond donors (Lipinski definition) is 3. The predicted octanol–water partition coefficient (Wildman–Crippen LogP) is -0.00500. The van der Waals surface area contributed by atoms with Crippen LogP contribution in [0.4, 0.5) is 0 Å². The highest BCUT2D eigenvalue weighted by Crippen LogP contribution is 1.91. The van der Waals surface area contributed by atoms with Crippen molar-refractivity contribution in [1.82, 2.24) is 5.32 Å². The molecule has 5 nitrogen and oxygen atoms in total. The number of hydrogen-bond acceptors (Lipinski definition) is 4.